The van der Waals surface area contributed by atoms with E-state index in [0.29, 0.717) is 13.1 Å². The van der Waals surface area contributed by atoms with Gasteiger partial charge in [0, 0.05) is 36.9 Å². The van der Waals surface area contributed by atoms with Crippen LogP contribution in [0.5, 0.6) is 0 Å². The summed E-state index contributed by atoms with van der Waals surface area (Å²) in [5.74, 6) is -0.231. The third kappa shape index (κ3) is 4.11. The first-order valence-corrected chi connectivity index (χ1v) is 9.35. The quantitative estimate of drug-likeness (QED) is 0.633. The fraction of sp³-hybridized carbons (Fsp3) is 0.300. The Hall–Kier alpha value is -3.42. The Labute approximate surface area is 162 Å². The fourth-order valence-electron chi connectivity index (χ4n) is 3.47. The highest BCUT2D eigenvalue weighted by molar-refractivity contribution is 5.93. The molecule has 2 aromatic heterocycles. The molecule has 1 fully saturated rings. The Balaban J connectivity index is 1.34. The van der Waals surface area contributed by atoms with Crippen LogP contribution in [0.25, 0.3) is 11.3 Å². The van der Waals surface area contributed by atoms with Gasteiger partial charge < -0.3 is 15.2 Å². The number of rotatable bonds is 5. The largest absolute Gasteiger partial charge is 0.348 e. The highest BCUT2D eigenvalue weighted by atomic mass is 16.2. The molecule has 0 saturated carbocycles. The monoisotopic (exact) mass is 378 g/mol. The fourth-order valence-corrected chi connectivity index (χ4v) is 3.47. The van der Waals surface area contributed by atoms with Crippen LogP contribution >= 0.6 is 0 Å². The van der Waals surface area contributed by atoms with Crippen LogP contribution in [0.15, 0.2) is 49.1 Å². The molecular formula is C20H22N6O2. The van der Waals surface area contributed by atoms with Gasteiger partial charge in [0.15, 0.2) is 0 Å². The number of hydrogen-bond acceptors (Lipinski definition) is 4. The van der Waals surface area contributed by atoms with E-state index in [1.807, 2.05) is 30.3 Å². The van der Waals surface area contributed by atoms with Crippen LogP contribution in [0, 0.1) is 5.92 Å². The zero-order valence-electron chi connectivity index (χ0n) is 15.4. The van der Waals surface area contributed by atoms with E-state index in [2.05, 4.69) is 25.5 Å². The number of imidazole rings is 1. The van der Waals surface area contributed by atoms with Crippen molar-refractivity contribution in [3.8, 4) is 11.3 Å². The predicted octanol–water partition coefficient (Wildman–Crippen LogP) is 2.22. The van der Waals surface area contributed by atoms with Gasteiger partial charge in [-0.1, -0.05) is 12.1 Å². The van der Waals surface area contributed by atoms with E-state index < -0.39 is 0 Å². The number of H-pyrrole nitrogens is 2. The predicted molar refractivity (Wildman–Crippen MR) is 104 cm³/mol. The third-order valence-corrected chi connectivity index (χ3v) is 5.01. The maximum absolute atomic E-state index is 12.7. The van der Waals surface area contributed by atoms with E-state index >= 15 is 0 Å². The zero-order chi connectivity index (χ0) is 19.3. The number of nitrogens with one attached hydrogen (secondary N) is 3. The smallest absolute Gasteiger partial charge is 0.229 e. The molecule has 0 aliphatic carbocycles. The Morgan fingerprint density at radius 1 is 1.21 bits per heavy atom. The highest BCUT2D eigenvalue weighted by Gasteiger charge is 2.28. The van der Waals surface area contributed by atoms with Gasteiger partial charge in [-0.15, -0.1) is 0 Å². The van der Waals surface area contributed by atoms with Gasteiger partial charge in [0.05, 0.1) is 24.4 Å². The SMILES string of the molecule is O=C(Nc1ccc(-c2ccn[nH]2)cc1)[C@@H]1CCCN(C(=O)Cc2cnc[nH]2)C1. The molecule has 2 amide bonds. The molecule has 4 rings (SSSR count). The van der Waals surface area contributed by atoms with Crippen molar-refractivity contribution in [2.45, 2.75) is 19.3 Å². The summed E-state index contributed by atoms with van der Waals surface area (Å²) in [6.45, 7) is 1.14. The van der Waals surface area contributed by atoms with E-state index in [4.69, 9.17) is 0 Å². The minimum atomic E-state index is -0.202. The van der Waals surface area contributed by atoms with Gasteiger partial charge in [-0.2, -0.15) is 5.10 Å². The molecule has 144 valence electrons. The maximum Gasteiger partial charge on any atom is 0.229 e. The van der Waals surface area contributed by atoms with Crippen LogP contribution in [0.4, 0.5) is 5.69 Å². The van der Waals surface area contributed by atoms with Gasteiger partial charge >= 0.3 is 0 Å². The maximum atomic E-state index is 12.7. The summed E-state index contributed by atoms with van der Waals surface area (Å²) in [4.78, 5) is 33.8. The second-order valence-corrected chi connectivity index (χ2v) is 6.97. The summed E-state index contributed by atoms with van der Waals surface area (Å²) < 4.78 is 0. The Morgan fingerprint density at radius 3 is 2.79 bits per heavy atom. The first-order valence-electron chi connectivity index (χ1n) is 9.35. The van der Waals surface area contributed by atoms with E-state index in [9.17, 15) is 9.59 Å². The number of likely N-dealkylation sites (tertiary alicyclic amines) is 1. The summed E-state index contributed by atoms with van der Waals surface area (Å²) in [6, 6.07) is 9.51. The van der Waals surface area contributed by atoms with Crippen molar-refractivity contribution in [1.29, 1.82) is 0 Å². The average Bonchev–Trinajstić information content (AvgIpc) is 3.43. The lowest BCUT2D eigenvalue weighted by molar-refractivity contribution is -0.134. The van der Waals surface area contributed by atoms with Crippen molar-refractivity contribution in [3.63, 3.8) is 0 Å². The highest BCUT2D eigenvalue weighted by Crippen LogP contribution is 2.22. The lowest BCUT2D eigenvalue weighted by Crippen LogP contribution is -2.44. The van der Waals surface area contributed by atoms with E-state index in [1.54, 1.807) is 23.6 Å². The van der Waals surface area contributed by atoms with E-state index in [1.165, 1.54) is 0 Å². The van der Waals surface area contributed by atoms with Gasteiger partial charge in [0.25, 0.3) is 0 Å². The first-order chi connectivity index (χ1) is 13.7. The van der Waals surface area contributed by atoms with Crippen molar-refractivity contribution in [2.75, 3.05) is 18.4 Å². The lowest BCUT2D eigenvalue weighted by Gasteiger charge is -2.32. The molecule has 1 aromatic carbocycles. The molecule has 1 aliphatic rings. The molecule has 1 atom stereocenters. The average molecular weight is 378 g/mol. The summed E-state index contributed by atoms with van der Waals surface area (Å²) in [5, 5.41) is 9.83. The van der Waals surface area contributed by atoms with Gasteiger partial charge in [-0.25, -0.2) is 4.98 Å². The number of nitrogens with zero attached hydrogens (tertiary/aromatic N) is 3. The minimum absolute atomic E-state index is 0.0191. The molecule has 3 heterocycles. The molecular weight excluding hydrogens is 356 g/mol. The molecule has 28 heavy (non-hydrogen) atoms. The van der Waals surface area contributed by atoms with Gasteiger partial charge in [0.2, 0.25) is 11.8 Å². The Morgan fingerprint density at radius 2 is 2.07 bits per heavy atom. The molecule has 0 unspecified atom stereocenters. The Bertz CT molecular complexity index is 918. The van der Waals surface area contributed by atoms with Crippen molar-refractivity contribution < 1.29 is 9.59 Å². The van der Waals surface area contributed by atoms with Crippen molar-refractivity contribution in [2.24, 2.45) is 5.92 Å². The van der Waals surface area contributed by atoms with E-state index in [0.717, 1.165) is 35.5 Å². The number of carbonyl (C=O) groups excluding carboxylic acids is 2. The minimum Gasteiger partial charge on any atom is -0.348 e. The molecule has 8 heteroatoms. The van der Waals surface area contributed by atoms with Crippen molar-refractivity contribution in [3.05, 3.63) is 54.7 Å². The van der Waals surface area contributed by atoms with Crippen LogP contribution < -0.4 is 5.32 Å². The molecule has 1 saturated heterocycles. The number of anilines is 1. The number of piperidine rings is 1. The number of aromatic nitrogens is 4. The number of carbonyl (C=O) groups is 2. The summed E-state index contributed by atoms with van der Waals surface area (Å²) in [5.41, 5.74) is 3.46. The molecule has 1 aliphatic heterocycles. The van der Waals surface area contributed by atoms with Gasteiger partial charge in [-0.3, -0.25) is 14.7 Å². The number of amides is 2. The van der Waals surface area contributed by atoms with Crippen molar-refractivity contribution in [1.82, 2.24) is 25.1 Å². The van der Waals surface area contributed by atoms with Gasteiger partial charge in [0.1, 0.15) is 0 Å². The molecule has 0 bridgehead atoms. The molecule has 0 spiro atoms. The van der Waals surface area contributed by atoms with Gasteiger partial charge in [-0.05, 0) is 36.6 Å². The van der Waals surface area contributed by atoms with Crippen LogP contribution in [0.1, 0.15) is 18.5 Å². The second kappa shape index (κ2) is 8.08. The summed E-state index contributed by atoms with van der Waals surface area (Å²) >= 11 is 0. The van der Waals surface area contributed by atoms with Crippen LogP contribution in [-0.4, -0.2) is 50.0 Å². The van der Waals surface area contributed by atoms with Crippen molar-refractivity contribution >= 4 is 17.5 Å². The molecule has 0 radical (unpaired) electrons. The van der Waals surface area contributed by atoms with Crippen LogP contribution in [-0.2, 0) is 16.0 Å². The van der Waals surface area contributed by atoms with Crippen LogP contribution in [0.3, 0.4) is 0 Å². The number of hydrogen-bond donors (Lipinski definition) is 3. The summed E-state index contributed by atoms with van der Waals surface area (Å²) in [6.07, 6.45) is 6.81. The van der Waals surface area contributed by atoms with E-state index in [-0.39, 0.29) is 24.2 Å². The zero-order valence-corrected chi connectivity index (χ0v) is 15.4. The summed E-state index contributed by atoms with van der Waals surface area (Å²) in [7, 11) is 0. The molecule has 3 aromatic rings. The normalized spacial score (nSPS) is 16.7. The standard InChI is InChI=1S/C20H22N6O2/c27-19(10-17-11-21-13-22-17)26-9-1-2-15(12-26)20(28)24-16-5-3-14(4-6-16)18-7-8-23-25-18/h3-8,11,13,15H,1-2,9-10,12H2,(H,21,22)(H,23,25)(H,24,28)/t15-/m1/s1. The molecule has 3 N–H and O–H groups in total. The second-order valence-electron chi connectivity index (χ2n) is 6.97. The third-order valence-electron chi connectivity index (χ3n) is 5.01. The Kier molecular flexibility index (Phi) is 5.18. The lowest BCUT2D eigenvalue weighted by atomic mass is 9.96. The van der Waals surface area contributed by atoms with Crippen LogP contribution in [0.2, 0.25) is 0 Å². The topological polar surface area (TPSA) is 107 Å². The number of aromatic amines is 2. The number of benzene rings is 1. The molecule has 8 nitrogen and oxygen atoms in total. The first kappa shape index (κ1) is 18.0.